The molecule has 1 N–H and O–H groups in total. The van der Waals surface area contributed by atoms with Crippen LogP contribution < -0.4 is 10.1 Å². The summed E-state index contributed by atoms with van der Waals surface area (Å²) in [6.07, 6.45) is 3.54. The van der Waals surface area contributed by atoms with Crippen LogP contribution in [0.3, 0.4) is 0 Å². The molecule has 1 saturated heterocycles. The molecule has 1 aromatic rings. The second kappa shape index (κ2) is 9.30. The van der Waals surface area contributed by atoms with Crippen LogP contribution in [0.15, 0.2) is 24.3 Å². The van der Waals surface area contributed by atoms with Gasteiger partial charge in [0.2, 0.25) is 5.91 Å². The fourth-order valence-electron chi connectivity index (χ4n) is 2.62. The minimum Gasteiger partial charge on any atom is -0.494 e. The molecule has 0 saturated carbocycles. The van der Waals surface area contributed by atoms with E-state index in [0.29, 0.717) is 31.1 Å². The fraction of sp³-hybridized carbons (Fsp3) is 0.579. The van der Waals surface area contributed by atoms with Crippen LogP contribution in [-0.4, -0.2) is 43.0 Å². The van der Waals surface area contributed by atoms with E-state index < -0.39 is 0 Å². The number of nitrogens with zero attached hydrogens (tertiary/aromatic N) is 1. The lowest BCUT2D eigenvalue weighted by molar-refractivity contribution is -0.129. The Morgan fingerprint density at radius 3 is 2.46 bits per heavy atom. The average Bonchev–Trinajstić information content (AvgIpc) is 3.09. The molecule has 1 aromatic carbocycles. The van der Waals surface area contributed by atoms with Gasteiger partial charge >= 0.3 is 0 Å². The molecule has 1 heterocycles. The van der Waals surface area contributed by atoms with Crippen LogP contribution in [0.5, 0.6) is 5.75 Å². The van der Waals surface area contributed by atoms with Crippen molar-refractivity contribution in [3.63, 3.8) is 0 Å². The van der Waals surface area contributed by atoms with Gasteiger partial charge in [-0.2, -0.15) is 0 Å². The number of hydrogen-bond donors (Lipinski definition) is 1. The summed E-state index contributed by atoms with van der Waals surface area (Å²) in [7, 11) is 0. The Balaban J connectivity index is 1.70. The van der Waals surface area contributed by atoms with E-state index in [1.807, 2.05) is 17.0 Å². The summed E-state index contributed by atoms with van der Waals surface area (Å²) in [5.74, 6) is 1.36. The zero-order valence-electron chi connectivity index (χ0n) is 14.7. The maximum atomic E-state index is 12.1. The Bertz CT molecular complexity index is 534. The van der Waals surface area contributed by atoms with Crippen LogP contribution in [0, 0.1) is 5.92 Å². The maximum absolute atomic E-state index is 12.1. The summed E-state index contributed by atoms with van der Waals surface area (Å²) in [6.45, 7) is 7.08. The number of likely N-dealkylation sites (tertiary alicyclic amines) is 1. The molecule has 0 aromatic heterocycles. The number of rotatable bonds is 8. The second-order valence-corrected chi connectivity index (χ2v) is 6.65. The summed E-state index contributed by atoms with van der Waals surface area (Å²) in [5, 5.41) is 2.80. The van der Waals surface area contributed by atoms with Gasteiger partial charge in [0.1, 0.15) is 5.75 Å². The largest absolute Gasteiger partial charge is 0.494 e. The summed E-state index contributed by atoms with van der Waals surface area (Å²) < 4.78 is 5.64. The van der Waals surface area contributed by atoms with Crippen molar-refractivity contribution < 1.29 is 14.3 Å². The van der Waals surface area contributed by atoms with Crippen LogP contribution in [0.25, 0.3) is 0 Å². The molecule has 132 valence electrons. The molecule has 2 amide bonds. The molecule has 1 aliphatic rings. The van der Waals surface area contributed by atoms with E-state index in [9.17, 15) is 9.59 Å². The van der Waals surface area contributed by atoms with E-state index in [-0.39, 0.29) is 11.8 Å². The first kappa shape index (κ1) is 18.3. The fourth-order valence-corrected chi connectivity index (χ4v) is 2.62. The maximum Gasteiger partial charge on any atom is 0.251 e. The van der Waals surface area contributed by atoms with Gasteiger partial charge < -0.3 is 15.0 Å². The molecular weight excluding hydrogens is 304 g/mol. The smallest absolute Gasteiger partial charge is 0.251 e. The van der Waals surface area contributed by atoms with Gasteiger partial charge in [-0.3, -0.25) is 9.59 Å². The SMILES string of the molecule is CC(C)CCOc1ccc(C(=O)NCCC(=O)N2CCCC2)cc1. The van der Waals surface area contributed by atoms with E-state index in [1.165, 1.54) is 0 Å². The first-order valence-corrected chi connectivity index (χ1v) is 8.85. The predicted octanol–water partition coefficient (Wildman–Crippen LogP) is 2.85. The third-order valence-electron chi connectivity index (χ3n) is 4.16. The topological polar surface area (TPSA) is 58.6 Å². The molecule has 0 bridgehead atoms. The summed E-state index contributed by atoms with van der Waals surface area (Å²) in [4.78, 5) is 25.9. The number of amides is 2. The third kappa shape index (κ3) is 5.87. The number of benzene rings is 1. The molecule has 24 heavy (non-hydrogen) atoms. The van der Waals surface area contributed by atoms with Crippen LogP contribution in [0.4, 0.5) is 0 Å². The van der Waals surface area contributed by atoms with Crippen molar-refractivity contribution in [3.8, 4) is 5.75 Å². The molecule has 2 rings (SSSR count). The van der Waals surface area contributed by atoms with Gasteiger partial charge in [0.15, 0.2) is 0 Å². The van der Waals surface area contributed by atoms with Crippen molar-refractivity contribution in [1.82, 2.24) is 10.2 Å². The molecular formula is C19H28N2O3. The Morgan fingerprint density at radius 2 is 1.83 bits per heavy atom. The van der Waals surface area contributed by atoms with E-state index in [1.54, 1.807) is 12.1 Å². The van der Waals surface area contributed by atoms with Gasteiger partial charge in [0.25, 0.3) is 5.91 Å². The molecule has 0 spiro atoms. The lowest BCUT2D eigenvalue weighted by Gasteiger charge is -2.15. The van der Waals surface area contributed by atoms with Crippen LogP contribution >= 0.6 is 0 Å². The molecule has 0 atom stereocenters. The number of hydrogen-bond acceptors (Lipinski definition) is 3. The Labute approximate surface area is 144 Å². The lowest BCUT2D eigenvalue weighted by atomic mass is 10.1. The monoisotopic (exact) mass is 332 g/mol. The van der Waals surface area contributed by atoms with Crippen LogP contribution in [0.1, 0.15) is 49.9 Å². The summed E-state index contributed by atoms with van der Waals surface area (Å²) in [6, 6.07) is 7.12. The predicted molar refractivity (Wildman–Crippen MR) is 94.2 cm³/mol. The molecule has 0 unspecified atom stereocenters. The highest BCUT2D eigenvalue weighted by molar-refractivity contribution is 5.94. The normalized spacial score (nSPS) is 14.0. The zero-order valence-corrected chi connectivity index (χ0v) is 14.7. The van der Waals surface area contributed by atoms with Crippen molar-refractivity contribution in [2.24, 2.45) is 5.92 Å². The van der Waals surface area contributed by atoms with Crippen molar-refractivity contribution in [2.45, 2.75) is 39.5 Å². The van der Waals surface area contributed by atoms with Crippen molar-refractivity contribution >= 4 is 11.8 Å². The molecule has 0 radical (unpaired) electrons. The average molecular weight is 332 g/mol. The lowest BCUT2D eigenvalue weighted by Crippen LogP contribution is -2.32. The Hall–Kier alpha value is -2.04. The van der Waals surface area contributed by atoms with Crippen LogP contribution in [0.2, 0.25) is 0 Å². The molecule has 5 heteroatoms. The van der Waals surface area contributed by atoms with Gasteiger partial charge in [-0.15, -0.1) is 0 Å². The minimum atomic E-state index is -0.155. The van der Waals surface area contributed by atoms with E-state index in [2.05, 4.69) is 19.2 Å². The first-order valence-electron chi connectivity index (χ1n) is 8.85. The number of carbonyl (C=O) groups is 2. The summed E-state index contributed by atoms with van der Waals surface area (Å²) in [5.41, 5.74) is 0.583. The number of carbonyl (C=O) groups excluding carboxylic acids is 2. The highest BCUT2D eigenvalue weighted by Crippen LogP contribution is 2.13. The molecule has 5 nitrogen and oxygen atoms in total. The van der Waals surface area contributed by atoms with Gasteiger partial charge in [-0.05, 0) is 49.4 Å². The Morgan fingerprint density at radius 1 is 1.17 bits per heavy atom. The standard InChI is InChI=1S/C19H28N2O3/c1-15(2)10-14-24-17-7-5-16(6-8-17)19(23)20-11-9-18(22)21-12-3-4-13-21/h5-8,15H,3-4,9-14H2,1-2H3,(H,20,23). The van der Waals surface area contributed by atoms with Gasteiger partial charge in [-0.1, -0.05) is 13.8 Å². The Kier molecular flexibility index (Phi) is 7.09. The van der Waals surface area contributed by atoms with Gasteiger partial charge in [0.05, 0.1) is 6.61 Å². The summed E-state index contributed by atoms with van der Waals surface area (Å²) >= 11 is 0. The van der Waals surface area contributed by atoms with Gasteiger partial charge in [0, 0.05) is 31.6 Å². The van der Waals surface area contributed by atoms with Crippen molar-refractivity contribution in [2.75, 3.05) is 26.2 Å². The van der Waals surface area contributed by atoms with E-state index in [4.69, 9.17) is 4.74 Å². The second-order valence-electron chi connectivity index (χ2n) is 6.65. The first-order chi connectivity index (χ1) is 11.6. The third-order valence-corrected chi connectivity index (χ3v) is 4.16. The highest BCUT2D eigenvalue weighted by atomic mass is 16.5. The van der Waals surface area contributed by atoms with Crippen molar-refractivity contribution in [3.05, 3.63) is 29.8 Å². The van der Waals surface area contributed by atoms with E-state index >= 15 is 0 Å². The van der Waals surface area contributed by atoms with Gasteiger partial charge in [-0.25, -0.2) is 0 Å². The van der Waals surface area contributed by atoms with Crippen LogP contribution in [-0.2, 0) is 4.79 Å². The minimum absolute atomic E-state index is 0.127. The quantitative estimate of drug-likeness (QED) is 0.796. The number of nitrogens with one attached hydrogen (secondary N) is 1. The van der Waals surface area contributed by atoms with E-state index in [0.717, 1.165) is 38.1 Å². The molecule has 1 aliphatic heterocycles. The zero-order chi connectivity index (χ0) is 17.4. The molecule has 1 fully saturated rings. The molecule has 0 aliphatic carbocycles. The van der Waals surface area contributed by atoms with Crippen molar-refractivity contribution in [1.29, 1.82) is 0 Å². The highest BCUT2D eigenvalue weighted by Gasteiger charge is 2.17. The number of ether oxygens (including phenoxy) is 1.